The molecule has 0 aliphatic carbocycles. The van der Waals surface area contributed by atoms with E-state index < -0.39 is 23.3 Å². The molecular formula is C16H17ClN2O4. The number of carbonyl (C=O) groups excluding carboxylic acids is 3. The van der Waals surface area contributed by atoms with Gasteiger partial charge in [-0.15, -0.1) is 0 Å². The maximum absolute atomic E-state index is 12.2. The van der Waals surface area contributed by atoms with Gasteiger partial charge in [-0.3, -0.25) is 14.4 Å². The quantitative estimate of drug-likeness (QED) is 0.510. The summed E-state index contributed by atoms with van der Waals surface area (Å²) in [4.78, 5) is 38.6. The van der Waals surface area contributed by atoms with E-state index in [4.69, 9.17) is 16.3 Å². The highest BCUT2D eigenvalue weighted by Crippen LogP contribution is 2.22. The van der Waals surface area contributed by atoms with Crippen molar-refractivity contribution in [3.05, 3.63) is 35.0 Å². The van der Waals surface area contributed by atoms with Gasteiger partial charge in [0.25, 0.3) is 11.7 Å². The number of halogens is 1. The van der Waals surface area contributed by atoms with Crippen LogP contribution in [0.1, 0.15) is 31.1 Å². The van der Waals surface area contributed by atoms with Gasteiger partial charge in [0.15, 0.2) is 0 Å². The smallest absolute Gasteiger partial charge is 0.325 e. The third-order valence-corrected chi connectivity index (χ3v) is 3.14. The van der Waals surface area contributed by atoms with Crippen molar-refractivity contribution >= 4 is 40.2 Å². The summed E-state index contributed by atoms with van der Waals surface area (Å²) < 4.78 is 5.06. The van der Waals surface area contributed by atoms with Crippen LogP contribution in [0.4, 0.5) is 0 Å². The molecule has 0 atom stereocenters. The number of H-pyrrole nitrogens is 1. The second-order valence-corrected chi connectivity index (χ2v) is 6.43. The Bertz CT molecular complexity index is 774. The third-order valence-electron chi connectivity index (χ3n) is 2.91. The highest BCUT2D eigenvalue weighted by molar-refractivity contribution is 6.45. The van der Waals surface area contributed by atoms with E-state index in [1.54, 1.807) is 39.0 Å². The topological polar surface area (TPSA) is 88.3 Å². The highest BCUT2D eigenvalue weighted by atomic mass is 35.5. The predicted octanol–water partition coefficient (Wildman–Crippen LogP) is 2.46. The molecule has 0 spiro atoms. The Balaban J connectivity index is 2.06. The van der Waals surface area contributed by atoms with E-state index in [0.29, 0.717) is 15.9 Å². The number of rotatable bonds is 4. The monoisotopic (exact) mass is 336 g/mol. The Hall–Kier alpha value is -2.34. The standard InChI is InChI=1S/C16H17ClN2O4/c1-16(2,3)23-13(20)8-19-15(22)14(21)11-7-18-12-5-4-9(17)6-10(11)12/h4-7,18H,8H2,1-3H3,(H,19,22). The van der Waals surface area contributed by atoms with Crippen LogP contribution in [0.5, 0.6) is 0 Å². The van der Waals surface area contributed by atoms with Gasteiger partial charge in [-0.25, -0.2) is 0 Å². The number of esters is 1. The largest absolute Gasteiger partial charge is 0.459 e. The fourth-order valence-corrected chi connectivity index (χ4v) is 2.19. The number of hydrogen-bond acceptors (Lipinski definition) is 4. The average Bonchev–Trinajstić information content (AvgIpc) is 2.85. The summed E-state index contributed by atoms with van der Waals surface area (Å²) in [5, 5.41) is 3.27. The normalized spacial score (nSPS) is 11.3. The van der Waals surface area contributed by atoms with Gasteiger partial charge in [0.1, 0.15) is 12.1 Å². The maximum atomic E-state index is 12.2. The van der Waals surface area contributed by atoms with Crippen molar-refractivity contribution in [2.45, 2.75) is 26.4 Å². The number of amides is 1. The van der Waals surface area contributed by atoms with Crippen molar-refractivity contribution < 1.29 is 19.1 Å². The summed E-state index contributed by atoms with van der Waals surface area (Å²) in [7, 11) is 0. The molecule has 23 heavy (non-hydrogen) atoms. The number of ether oxygens (including phenoxy) is 1. The van der Waals surface area contributed by atoms with Crippen LogP contribution >= 0.6 is 11.6 Å². The lowest BCUT2D eigenvalue weighted by molar-refractivity contribution is -0.154. The fraction of sp³-hybridized carbons (Fsp3) is 0.312. The van der Waals surface area contributed by atoms with Crippen molar-refractivity contribution in [3.8, 4) is 0 Å². The first-order chi connectivity index (χ1) is 10.7. The minimum atomic E-state index is -0.878. The molecule has 122 valence electrons. The SMILES string of the molecule is CC(C)(C)OC(=O)CNC(=O)C(=O)c1c[nH]c2ccc(Cl)cc12. The molecular weight excluding hydrogens is 320 g/mol. The number of aromatic nitrogens is 1. The molecule has 0 aliphatic rings. The molecule has 0 fully saturated rings. The molecule has 0 radical (unpaired) electrons. The molecule has 0 unspecified atom stereocenters. The molecule has 6 nitrogen and oxygen atoms in total. The second-order valence-electron chi connectivity index (χ2n) is 5.99. The van der Waals surface area contributed by atoms with Crippen LogP contribution in [0.15, 0.2) is 24.4 Å². The zero-order valence-electron chi connectivity index (χ0n) is 13.0. The Morgan fingerprint density at radius 2 is 1.96 bits per heavy atom. The summed E-state index contributed by atoms with van der Waals surface area (Å²) in [5.41, 5.74) is 0.237. The minimum Gasteiger partial charge on any atom is -0.459 e. The lowest BCUT2D eigenvalue weighted by atomic mass is 10.1. The number of nitrogens with one attached hydrogen (secondary N) is 2. The molecule has 2 N–H and O–H groups in total. The summed E-state index contributed by atoms with van der Waals surface area (Å²) >= 11 is 5.91. The zero-order valence-corrected chi connectivity index (χ0v) is 13.8. The van der Waals surface area contributed by atoms with E-state index in [0.717, 1.165) is 0 Å². The van der Waals surface area contributed by atoms with Crippen molar-refractivity contribution in [2.24, 2.45) is 0 Å². The third kappa shape index (κ3) is 4.32. The van der Waals surface area contributed by atoms with Gasteiger partial charge in [-0.1, -0.05) is 11.6 Å². The molecule has 1 aromatic heterocycles. The number of ketones is 1. The van der Waals surface area contributed by atoms with E-state index in [9.17, 15) is 14.4 Å². The minimum absolute atomic E-state index is 0.198. The van der Waals surface area contributed by atoms with E-state index in [1.165, 1.54) is 6.20 Å². The van der Waals surface area contributed by atoms with Crippen LogP contribution in [0.3, 0.4) is 0 Å². The summed E-state index contributed by atoms with van der Waals surface area (Å²) in [6.45, 7) is 4.78. The van der Waals surface area contributed by atoms with Gasteiger partial charge in [0, 0.05) is 22.1 Å². The van der Waals surface area contributed by atoms with E-state index in [2.05, 4.69) is 10.3 Å². The van der Waals surface area contributed by atoms with Gasteiger partial charge in [-0.2, -0.15) is 0 Å². The Morgan fingerprint density at radius 3 is 2.61 bits per heavy atom. The van der Waals surface area contributed by atoms with Crippen LogP contribution in [0.2, 0.25) is 5.02 Å². The highest BCUT2D eigenvalue weighted by Gasteiger charge is 2.22. The number of Topliss-reactive ketones (excluding diaryl/α,β-unsaturated/α-hetero) is 1. The van der Waals surface area contributed by atoms with Gasteiger partial charge >= 0.3 is 5.97 Å². The number of benzene rings is 1. The molecule has 1 aromatic carbocycles. The molecule has 0 saturated heterocycles. The van der Waals surface area contributed by atoms with E-state index in [-0.39, 0.29) is 12.1 Å². The van der Waals surface area contributed by atoms with E-state index >= 15 is 0 Å². The zero-order chi connectivity index (χ0) is 17.2. The van der Waals surface area contributed by atoms with Crippen LogP contribution < -0.4 is 5.32 Å². The average molecular weight is 337 g/mol. The van der Waals surface area contributed by atoms with Crippen molar-refractivity contribution in [3.63, 3.8) is 0 Å². The Labute approximate surface area is 138 Å². The summed E-state index contributed by atoms with van der Waals surface area (Å²) in [6, 6.07) is 4.99. The number of hydrogen-bond donors (Lipinski definition) is 2. The molecule has 0 bridgehead atoms. The molecule has 0 saturated carbocycles. The van der Waals surface area contributed by atoms with Crippen LogP contribution in [-0.4, -0.2) is 34.8 Å². The van der Waals surface area contributed by atoms with Crippen molar-refractivity contribution in [2.75, 3.05) is 6.54 Å². The molecule has 2 rings (SSSR count). The van der Waals surface area contributed by atoms with Crippen LogP contribution in [0, 0.1) is 0 Å². The first-order valence-corrected chi connectivity index (χ1v) is 7.36. The van der Waals surface area contributed by atoms with Crippen LogP contribution in [-0.2, 0) is 14.3 Å². The maximum Gasteiger partial charge on any atom is 0.325 e. The molecule has 0 aliphatic heterocycles. The Morgan fingerprint density at radius 1 is 1.26 bits per heavy atom. The van der Waals surface area contributed by atoms with Crippen molar-refractivity contribution in [1.29, 1.82) is 0 Å². The first-order valence-electron chi connectivity index (χ1n) is 6.98. The van der Waals surface area contributed by atoms with Gasteiger partial charge in [0.2, 0.25) is 0 Å². The summed E-state index contributed by atoms with van der Waals surface area (Å²) in [6.07, 6.45) is 1.44. The van der Waals surface area contributed by atoms with Gasteiger partial charge in [0.05, 0.1) is 5.56 Å². The lowest BCUT2D eigenvalue weighted by Crippen LogP contribution is -2.37. The second kappa shape index (κ2) is 6.42. The van der Waals surface area contributed by atoms with Crippen LogP contribution in [0.25, 0.3) is 10.9 Å². The van der Waals surface area contributed by atoms with Gasteiger partial charge in [-0.05, 0) is 39.0 Å². The number of carbonyl (C=O) groups is 3. The Kier molecular flexibility index (Phi) is 4.75. The lowest BCUT2D eigenvalue weighted by Gasteiger charge is -2.19. The molecule has 7 heteroatoms. The summed E-state index contributed by atoms with van der Waals surface area (Å²) in [5.74, 6) is -2.24. The molecule has 1 amide bonds. The first kappa shape index (κ1) is 17.0. The molecule has 2 aromatic rings. The van der Waals surface area contributed by atoms with E-state index in [1.807, 2.05) is 0 Å². The molecule has 1 heterocycles. The number of fused-ring (bicyclic) bond motifs is 1. The van der Waals surface area contributed by atoms with Gasteiger partial charge < -0.3 is 15.0 Å². The number of aromatic amines is 1. The predicted molar refractivity (Wildman–Crippen MR) is 86.5 cm³/mol. The fourth-order valence-electron chi connectivity index (χ4n) is 2.01. The van der Waals surface area contributed by atoms with Crippen molar-refractivity contribution in [1.82, 2.24) is 10.3 Å².